The maximum Gasteiger partial charge on any atom is 0.390 e. The van der Waals surface area contributed by atoms with Gasteiger partial charge in [0.2, 0.25) is 0 Å². The number of alkyl halides is 4. The van der Waals surface area contributed by atoms with E-state index in [9.17, 15) is 13.2 Å². The van der Waals surface area contributed by atoms with E-state index in [1.807, 2.05) is 0 Å². The normalized spacial score (nSPS) is 11.6. The highest BCUT2D eigenvalue weighted by atomic mass is 35.5. The summed E-state index contributed by atoms with van der Waals surface area (Å²) >= 11 is 11.5. The molecule has 0 N–H and O–H groups in total. The van der Waals surface area contributed by atoms with Gasteiger partial charge in [0.15, 0.2) is 0 Å². The number of halogens is 5. The van der Waals surface area contributed by atoms with Crippen molar-refractivity contribution in [3.05, 3.63) is 28.8 Å². The summed E-state index contributed by atoms with van der Waals surface area (Å²) in [5, 5.41) is 0.479. The zero-order valence-electron chi connectivity index (χ0n) is 9.19. The molecule has 0 amide bonds. The standard InChI is InChI=1S/C11H12Cl2F3N/c1-17(5-4-11(14,15)16)10-6-9(13)3-2-8(10)7-12/h2-3,6H,4-5,7H2,1H3. The third kappa shape index (κ3) is 4.64. The molecule has 1 aromatic carbocycles. The van der Waals surface area contributed by atoms with E-state index in [0.717, 1.165) is 5.56 Å². The zero-order valence-corrected chi connectivity index (χ0v) is 10.7. The van der Waals surface area contributed by atoms with Gasteiger partial charge in [-0.1, -0.05) is 17.7 Å². The van der Waals surface area contributed by atoms with Crippen molar-refractivity contribution < 1.29 is 13.2 Å². The molecular formula is C11H12Cl2F3N. The predicted octanol–water partition coefficient (Wildman–Crippen LogP) is 4.47. The van der Waals surface area contributed by atoms with Crippen LogP contribution in [0, 0.1) is 0 Å². The van der Waals surface area contributed by atoms with Crippen LogP contribution in [0.2, 0.25) is 5.02 Å². The molecule has 0 radical (unpaired) electrons. The summed E-state index contributed by atoms with van der Waals surface area (Å²) in [5.41, 5.74) is 1.40. The average Bonchev–Trinajstić information content (AvgIpc) is 2.25. The van der Waals surface area contributed by atoms with Crippen molar-refractivity contribution in [2.24, 2.45) is 0 Å². The van der Waals surface area contributed by atoms with Gasteiger partial charge in [0.05, 0.1) is 6.42 Å². The highest BCUT2D eigenvalue weighted by molar-refractivity contribution is 6.31. The Morgan fingerprint density at radius 3 is 2.47 bits per heavy atom. The fourth-order valence-corrected chi connectivity index (χ4v) is 1.81. The molecule has 96 valence electrons. The third-order valence-electron chi connectivity index (χ3n) is 2.33. The summed E-state index contributed by atoms with van der Waals surface area (Å²) < 4.78 is 36.3. The molecule has 0 aliphatic rings. The van der Waals surface area contributed by atoms with Crippen LogP contribution in [0.15, 0.2) is 18.2 Å². The molecule has 0 bridgehead atoms. The first kappa shape index (κ1) is 14.5. The summed E-state index contributed by atoms with van der Waals surface area (Å²) in [6.45, 7) is -0.117. The van der Waals surface area contributed by atoms with Gasteiger partial charge in [0.1, 0.15) is 0 Å². The van der Waals surface area contributed by atoms with Gasteiger partial charge in [-0.2, -0.15) is 13.2 Å². The predicted molar refractivity (Wildman–Crippen MR) is 65.0 cm³/mol. The third-order valence-corrected chi connectivity index (χ3v) is 2.86. The van der Waals surface area contributed by atoms with Gasteiger partial charge in [0, 0.05) is 30.2 Å². The summed E-state index contributed by atoms with van der Waals surface area (Å²) in [5.74, 6) is 0.239. The first-order valence-electron chi connectivity index (χ1n) is 4.96. The molecule has 0 heterocycles. The van der Waals surface area contributed by atoms with Crippen LogP contribution in [0.1, 0.15) is 12.0 Å². The van der Waals surface area contributed by atoms with Crippen molar-refractivity contribution in [2.45, 2.75) is 18.5 Å². The molecule has 6 heteroatoms. The highest BCUT2D eigenvalue weighted by Crippen LogP contribution is 2.27. The number of benzene rings is 1. The molecule has 0 fully saturated rings. The first-order chi connectivity index (χ1) is 7.83. The van der Waals surface area contributed by atoms with Crippen molar-refractivity contribution in [3.8, 4) is 0 Å². The largest absolute Gasteiger partial charge is 0.390 e. The van der Waals surface area contributed by atoms with Gasteiger partial charge in [-0.05, 0) is 17.7 Å². The van der Waals surface area contributed by atoms with E-state index in [1.54, 1.807) is 25.2 Å². The van der Waals surface area contributed by atoms with Crippen molar-refractivity contribution in [1.82, 2.24) is 0 Å². The number of hydrogen-bond acceptors (Lipinski definition) is 1. The van der Waals surface area contributed by atoms with Crippen molar-refractivity contribution >= 4 is 28.9 Å². The molecule has 1 aromatic rings. The molecule has 0 aromatic heterocycles. The second kappa shape index (κ2) is 5.83. The molecule has 0 spiro atoms. The maximum absolute atomic E-state index is 12.1. The van der Waals surface area contributed by atoms with Crippen LogP contribution < -0.4 is 4.90 Å². The SMILES string of the molecule is CN(CCC(F)(F)F)c1cc(Cl)ccc1CCl. The summed E-state index contributed by atoms with van der Waals surface area (Å²) in [7, 11) is 1.59. The molecular weight excluding hydrogens is 274 g/mol. The van der Waals surface area contributed by atoms with E-state index in [4.69, 9.17) is 23.2 Å². The number of hydrogen-bond donors (Lipinski definition) is 0. The lowest BCUT2D eigenvalue weighted by Gasteiger charge is -2.22. The Morgan fingerprint density at radius 1 is 1.29 bits per heavy atom. The summed E-state index contributed by atoms with van der Waals surface area (Å²) in [6.07, 6.45) is -5.02. The van der Waals surface area contributed by atoms with Gasteiger partial charge >= 0.3 is 6.18 Å². The molecule has 0 saturated carbocycles. The second-order valence-corrected chi connectivity index (χ2v) is 4.40. The molecule has 0 saturated heterocycles. The molecule has 1 rings (SSSR count). The minimum atomic E-state index is -4.16. The van der Waals surface area contributed by atoms with Crippen LogP contribution in [-0.2, 0) is 5.88 Å². The number of anilines is 1. The Morgan fingerprint density at radius 2 is 1.94 bits per heavy atom. The van der Waals surface area contributed by atoms with Crippen LogP contribution >= 0.6 is 23.2 Å². The minimum absolute atomic E-state index is 0.117. The molecule has 1 nitrogen and oxygen atoms in total. The van der Waals surface area contributed by atoms with Crippen LogP contribution in [-0.4, -0.2) is 19.8 Å². The van der Waals surface area contributed by atoms with Crippen LogP contribution in [0.5, 0.6) is 0 Å². The van der Waals surface area contributed by atoms with Crippen LogP contribution in [0.3, 0.4) is 0 Å². The van der Waals surface area contributed by atoms with E-state index in [0.29, 0.717) is 10.7 Å². The molecule has 0 aliphatic carbocycles. The topological polar surface area (TPSA) is 3.24 Å². The molecule has 0 unspecified atom stereocenters. The Balaban J connectivity index is 2.80. The van der Waals surface area contributed by atoms with Gasteiger partial charge in [0.25, 0.3) is 0 Å². The van der Waals surface area contributed by atoms with Gasteiger partial charge < -0.3 is 4.90 Å². The Labute approximate surface area is 108 Å². The lowest BCUT2D eigenvalue weighted by Crippen LogP contribution is -2.24. The quantitative estimate of drug-likeness (QED) is 0.738. The van der Waals surface area contributed by atoms with Gasteiger partial charge in [-0.15, -0.1) is 11.6 Å². The lowest BCUT2D eigenvalue weighted by atomic mass is 10.2. The monoisotopic (exact) mass is 285 g/mol. The minimum Gasteiger partial charge on any atom is -0.374 e. The van der Waals surface area contributed by atoms with E-state index >= 15 is 0 Å². The lowest BCUT2D eigenvalue weighted by molar-refractivity contribution is -0.132. The Hall–Kier alpha value is -0.610. The van der Waals surface area contributed by atoms with Crippen molar-refractivity contribution in [1.29, 1.82) is 0 Å². The Kier molecular flexibility index (Phi) is 4.95. The smallest absolute Gasteiger partial charge is 0.374 e. The Bertz CT molecular complexity index is 379. The van der Waals surface area contributed by atoms with E-state index < -0.39 is 12.6 Å². The van der Waals surface area contributed by atoms with E-state index in [-0.39, 0.29) is 12.4 Å². The van der Waals surface area contributed by atoms with Crippen LogP contribution in [0.4, 0.5) is 18.9 Å². The number of rotatable bonds is 4. The first-order valence-corrected chi connectivity index (χ1v) is 5.87. The van der Waals surface area contributed by atoms with E-state index in [2.05, 4.69) is 0 Å². The van der Waals surface area contributed by atoms with E-state index in [1.165, 1.54) is 4.90 Å². The summed E-state index contributed by atoms with van der Waals surface area (Å²) in [6, 6.07) is 5.00. The number of nitrogens with zero attached hydrogens (tertiary/aromatic N) is 1. The summed E-state index contributed by atoms with van der Waals surface area (Å²) in [4.78, 5) is 1.51. The molecule has 0 atom stereocenters. The van der Waals surface area contributed by atoms with Crippen molar-refractivity contribution in [3.63, 3.8) is 0 Å². The molecule has 17 heavy (non-hydrogen) atoms. The fourth-order valence-electron chi connectivity index (χ4n) is 1.42. The molecule has 0 aliphatic heterocycles. The zero-order chi connectivity index (χ0) is 13.1. The van der Waals surface area contributed by atoms with Gasteiger partial charge in [-0.3, -0.25) is 0 Å². The van der Waals surface area contributed by atoms with Gasteiger partial charge in [-0.25, -0.2) is 0 Å². The maximum atomic E-state index is 12.1. The highest BCUT2D eigenvalue weighted by Gasteiger charge is 2.27. The van der Waals surface area contributed by atoms with Crippen LogP contribution in [0.25, 0.3) is 0 Å². The fraction of sp³-hybridized carbons (Fsp3) is 0.455. The van der Waals surface area contributed by atoms with Crippen molar-refractivity contribution in [2.75, 3.05) is 18.5 Å². The average molecular weight is 286 g/mol. The second-order valence-electron chi connectivity index (χ2n) is 3.69.